The Morgan fingerprint density at radius 2 is 1.81 bits per heavy atom. The molecule has 4 heteroatoms. The molecule has 0 amide bonds. The molecule has 0 heterocycles. The number of hydrogen-bond acceptors (Lipinski definition) is 2. The zero-order valence-electron chi connectivity index (χ0n) is 11.8. The smallest absolute Gasteiger partial charge is 0.335 e. The van der Waals surface area contributed by atoms with Gasteiger partial charge in [0.2, 0.25) is 0 Å². The van der Waals surface area contributed by atoms with Gasteiger partial charge in [0, 0.05) is 0 Å². The Kier molecular flexibility index (Phi) is 5.23. The highest BCUT2D eigenvalue weighted by atomic mass is 35.5. The summed E-state index contributed by atoms with van der Waals surface area (Å²) in [5.74, 6) is -0.254. The van der Waals surface area contributed by atoms with Crippen molar-refractivity contribution in [1.29, 1.82) is 0 Å². The summed E-state index contributed by atoms with van der Waals surface area (Å²) in [5.41, 5.74) is 2.12. The van der Waals surface area contributed by atoms with E-state index in [4.69, 9.17) is 21.4 Å². The molecule has 0 unspecified atom stereocenters. The standard InChI is InChI=1S/C17H17ClO3/c1-2-3-10-21-16-9-8-14(11-15(16)18)12-4-6-13(7-5-12)17(19)20/h4-9,11H,2-3,10H2,1H3,(H,19,20). The molecule has 0 radical (unpaired) electrons. The Hall–Kier alpha value is -2.00. The molecule has 110 valence electrons. The summed E-state index contributed by atoms with van der Waals surface area (Å²) in [5, 5.41) is 9.45. The van der Waals surface area contributed by atoms with Gasteiger partial charge in [0.1, 0.15) is 5.75 Å². The molecule has 0 bridgehead atoms. The summed E-state index contributed by atoms with van der Waals surface area (Å²) in [6, 6.07) is 12.3. The molecule has 2 aromatic carbocycles. The predicted molar refractivity (Wildman–Crippen MR) is 84.3 cm³/mol. The first-order valence-electron chi connectivity index (χ1n) is 6.88. The third-order valence-corrected chi connectivity index (χ3v) is 3.45. The lowest BCUT2D eigenvalue weighted by Gasteiger charge is -2.09. The average Bonchev–Trinajstić information content (AvgIpc) is 2.49. The quantitative estimate of drug-likeness (QED) is 0.773. The van der Waals surface area contributed by atoms with E-state index in [0.717, 1.165) is 24.0 Å². The van der Waals surface area contributed by atoms with Crippen molar-refractivity contribution in [3.63, 3.8) is 0 Å². The largest absolute Gasteiger partial charge is 0.492 e. The van der Waals surface area contributed by atoms with Crippen LogP contribution in [-0.4, -0.2) is 17.7 Å². The fourth-order valence-corrected chi connectivity index (χ4v) is 2.16. The average molecular weight is 305 g/mol. The van der Waals surface area contributed by atoms with Gasteiger partial charge in [-0.1, -0.05) is 43.1 Å². The number of ether oxygens (including phenoxy) is 1. The Labute approximate surface area is 129 Å². The SMILES string of the molecule is CCCCOc1ccc(-c2ccc(C(=O)O)cc2)cc1Cl. The van der Waals surface area contributed by atoms with Crippen LogP contribution in [0, 0.1) is 0 Å². The van der Waals surface area contributed by atoms with E-state index in [-0.39, 0.29) is 5.56 Å². The van der Waals surface area contributed by atoms with E-state index in [0.29, 0.717) is 17.4 Å². The number of unbranched alkanes of at least 4 members (excludes halogenated alkanes) is 1. The summed E-state index contributed by atoms with van der Waals surface area (Å²) in [6.07, 6.45) is 2.07. The Balaban J connectivity index is 2.17. The number of carboxylic acids is 1. The molecule has 0 aromatic heterocycles. The van der Waals surface area contributed by atoms with Gasteiger partial charge in [-0.2, -0.15) is 0 Å². The van der Waals surface area contributed by atoms with Crippen LogP contribution in [0.25, 0.3) is 11.1 Å². The van der Waals surface area contributed by atoms with Gasteiger partial charge < -0.3 is 9.84 Å². The lowest BCUT2D eigenvalue weighted by molar-refractivity contribution is 0.0697. The molecule has 0 aliphatic carbocycles. The molecule has 1 N–H and O–H groups in total. The molecule has 0 aliphatic heterocycles. The van der Waals surface area contributed by atoms with Crippen LogP contribution >= 0.6 is 11.6 Å². The number of halogens is 1. The zero-order valence-corrected chi connectivity index (χ0v) is 12.6. The van der Waals surface area contributed by atoms with Crippen LogP contribution in [-0.2, 0) is 0 Å². The molecule has 0 fully saturated rings. The van der Waals surface area contributed by atoms with E-state index >= 15 is 0 Å². The van der Waals surface area contributed by atoms with Crippen LogP contribution in [0.3, 0.4) is 0 Å². The predicted octanol–water partition coefficient (Wildman–Crippen LogP) is 4.88. The minimum atomic E-state index is -0.931. The highest BCUT2D eigenvalue weighted by Gasteiger charge is 2.06. The van der Waals surface area contributed by atoms with Gasteiger partial charge in [-0.05, 0) is 41.8 Å². The first kappa shape index (κ1) is 15.4. The summed E-state index contributed by atoms with van der Waals surface area (Å²) >= 11 is 6.22. The maximum Gasteiger partial charge on any atom is 0.335 e. The fourth-order valence-electron chi connectivity index (χ4n) is 1.93. The lowest BCUT2D eigenvalue weighted by atomic mass is 10.0. The van der Waals surface area contributed by atoms with E-state index in [1.165, 1.54) is 0 Å². The van der Waals surface area contributed by atoms with Crippen LogP contribution in [0.4, 0.5) is 0 Å². The third-order valence-electron chi connectivity index (χ3n) is 3.15. The minimum Gasteiger partial charge on any atom is -0.492 e. The molecule has 0 saturated carbocycles. The van der Waals surface area contributed by atoms with Gasteiger partial charge in [-0.15, -0.1) is 0 Å². The minimum absolute atomic E-state index is 0.268. The van der Waals surface area contributed by atoms with Gasteiger partial charge in [0.05, 0.1) is 17.2 Å². The van der Waals surface area contributed by atoms with E-state index in [1.54, 1.807) is 24.3 Å². The maximum absolute atomic E-state index is 10.8. The second-order valence-corrected chi connectivity index (χ2v) is 5.14. The number of carbonyl (C=O) groups is 1. The summed E-state index contributed by atoms with van der Waals surface area (Å²) < 4.78 is 5.61. The normalized spacial score (nSPS) is 10.4. The summed E-state index contributed by atoms with van der Waals surface area (Å²) in [7, 11) is 0. The first-order valence-corrected chi connectivity index (χ1v) is 7.25. The van der Waals surface area contributed by atoms with Gasteiger partial charge in [-0.25, -0.2) is 4.79 Å². The van der Waals surface area contributed by atoms with Crippen LogP contribution in [0.5, 0.6) is 5.75 Å². The van der Waals surface area contributed by atoms with Crippen molar-refractivity contribution in [3.05, 3.63) is 53.1 Å². The van der Waals surface area contributed by atoms with Crippen LogP contribution in [0.15, 0.2) is 42.5 Å². The molecule has 0 aliphatic rings. The number of aromatic carboxylic acids is 1. The highest BCUT2D eigenvalue weighted by Crippen LogP contribution is 2.30. The van der Waals surface area contributed by atoms with E-state index in [1.807, 2.05) is 18.2 Å². The topological polar surface area (TPSA) is 46.5 Å². The van der Waals surface area contributed by atoms with Crippen molar-refractivity contribution < 1.29 is 14.6 Å². The van der Waals surface area contributed by atoms with Crippen molar-refractivity contribution in [2.75, 3.05) is 6.61 Å². The molecule has 0 spiro atoms. The Morgan fingerprint density at radius 1 is 1.14 bits per heavy atom. The van der Waals surface area contributed by atoms with Crippen LogP contribution in [0.1, 0.15) is 30.1 Å². The second-order valence-electron chi connectivity index (χ2n) is 4.73. The molecule has 3 nitrogen and oxygen atoms in total. The first-order chi connectivity index (χ1) is 10.1. The van der Waals surface area contributed by atoms with Crippen LogP contribution in [0.2, 0.25) is 5.02 Å². The van der Waals surface area contributed by atoms with Crippen molar-refractivity contribution in [1.82, 2.24) is 0 Å². The summed E-state index contributed by atoms with van der Waals surface area (Å²) in [4.78, 5) is 10.8. The number of benzene rings is 2. The van der Waals surface area contributed by atoms with Gasteiger partial charge in [0.25, 0.3) is 0 Å². The third kappa shape index (κ3) is 3.99. The zero-order chi connectivity index (χ0) is 15.2. The molecule has 0 atom stereocenters. The molecular formula is C17H17ClO3. The number of hydrogen-bond donors (Lipinski definition) is 1. The van der Waals surface area contributed by atoms with Crippen LogP contribution < -0.4 is 4.74 Å². The fraction of sp³-hybridized carbons (Fsp3) is 0.235. The number of carboxylic acid groups (broad SMARTS) is 1. The molecule has 2 rings (SSSR count). The van der Waals surface area contributed by atoms with Crippen molar-refractivity contribution >= 4 is 17.6 Å². The van der Waals surface area contributed by atoms with Gasteiger partial charge >= 0.3 is 5.97 Å². The molecular weight excluding hydrogens is 288 g/mol. The molecule has 0 saturated heterocycles. The number of rotatable bonds is 6. The van der Waals surface area contributed by atoms with E-state index in [9.17, 15) is 4.79 Å². The van der Waals surface area contributed by atoms with Crippen molar-refractivity contribution in [2.24, 2.45) is 0 Å². The Bertz CT molecular complexity index is 620. The molecule has 2 aromatic rings. The monoisotopic (exact) mass is 304 g/mol. The van der Waals surface area contributed by atoms with Gasteiger partial charge in [0.15, 0.2) is 0 Å². The summed E-state index contributed by atoms with van der Waals surface area (Å²) in [6.45, 7) is 2.76. The van der Waals surface area contributed by atoms with Gasteiger partial charge in [-0.3, -0.25) is 0 Å². The molecule has 21 heavy (non-hydrogen) atoms. The lowest BCUT2D eigenvalue weighted by Crippen LogP contribution is -1.97. The van der Waals surface area contributed by atoms with Crippen molar-refractivity contribution in [3.8, 4) is 16.9 Å². The maximum atomic E-state index is 10.8. The Morgan fingerprint density at radius 3 is 2.38 bits per heavy atom. The highest BCUT2D eigenvalue weighted by molar-refractivity contribution is 6.32. The second kappa shape index (κ2) is 7.14. The van der Waals surface area contributed by atoms with E-state index < -0.39 is 5.97 Å². The van der Waals surface area contributed by atoms with E-state index in [2.05, 4.69) is 6.92 Å². The van der Waals surface area contributed by atoms with Crippen molar-refractivity contribution in [2.45, 2.75) is 19.8 Å².